The van der Waals surface area contributed by atoms with Crippen molar-refractivity contribution in [3.63, 3.8) is 0 Å². The van der Waals surface area contributed by atoms with E-state index in [1.807, 2.05) is 166 Å². The topological polar surface area (TPSA) is 188 Å². The quantitative estimate of drug-likeness (QED) is 0.0321. The van der Waals surface area contributed by atoms with Crippen LogP contribution in [0.1, 0.15) is 133 Å². The van der Waals surface area contributed by atoms with Crippen LogP contribution in [0.4, 0.5) is 21.9 Å². The Kier molecular flexibility index (Phi) is 21.7. The molecule has 0 unspecified atom stereocenters. The number of aromatic nitrogens is 4. The number of hydrogen-bond donors (Lipinski definition) is 0. The Morgan fingerprint density at radius 1 is 0.562 bits per heavy atom. The van der Waals surface area contributed by atoms with Gasteiger partial charge in [-0.15, -0.1) is 0 Å². The average molecular weight is 1440 g/mol. The van der Waals surface area contributed by atoms with Gasteiger partial charge < -0.3 is 38.1 Å². The molecule has 0 bridgehead atoms. The zero-order valence-corrected chi connectivity index (χ0v) is 63.5. The van der Waals surface area contributed by atoms with Gasteiger partial charge in [0, 0.05) is 72.1 Å². The summed E-state index contributed by atoms with van der Waals surface area (Å²) >= 11 is 6.43. The second-order valence-electron chi connectivity index (χ2n) is 30.0. The Morgan fingerprint density at radius 3 is 1.41 bits per heavy atom. The fourth-order valence-corrected chi connectivity index (χ4v) is 14.8. The van der Waals surface area contributed by atoms with Crippen LogP contribution in [0.5, 0.6) is 0 Å². The third kappa shape index (κ3) is 17.6. The summed E-state index contributed by atoms with van der Waals surface area (Å²) in [4.78, 5) is 82.4. The molecule has 3 aliphatic heterocycles. The Hall–Kier alpha value is -6.74. The molecular weight excluding hydrogens is 1350 g/mol. The van der Waals surface area contributed by atoms with E-state index in [-0.39, 0.29) is 36.7 Å². The van der Waals surface area contributed by atoms with E-state index in [4.69, 9.17) is 43.2 Å². The first-order chi connectivity index (χ1) is 45.1. The molecule has 0 aliphatic carbocycles. The third-order valence-electron chi connectivity index (χ3n) is 17.0. The Balaban J connectivity index is 0.000000212. The van der Waals surface area contributed by atoms with Gasteiger partial charge in [-0.05, 0) is 187 Å². The van der Waals surface area contributed by atoms with Crippen LogP contribution in [0, 0.1) is 0 Å². The number of fused-ring (bicyclic) bond motifs is 4. The van der Waals surface area contributed by atoms with E-state index >= 15 is 0 Å². The smallest absolute Gasteiger partial charge is 0.455 e. The van der Waals surface area contributed by atoms with Gasteiger partial charge >= 0.3 is 19.1 Å². The molecule has 8 aromatic rings. The lowest BCUT2D eigenvalue weighted by Crippen LogP contribution is -2.41. The number of anilines is 4. The second kappa shape index (κ2) is 29.0. The molecular formula is C72H90BBrN8O10S2Si2. The minimum atomic E-state index is -1.33. The number of carbonyl (C=O) groups is 4. The summed E-state index contributed by atoms with van der Waals surface area (Å²) in [7, 11) is -3.42. The van der Waals surface area contributed by atoms with Crippen molar-refractivity contribution in [1.29, 1.82) is 0 Å². The maximum Gasteiger partial charge on any atom is 0.497 e. The minimum absolute atomic E-state index is 0.109. The largest absolute Gasteiger partial charge is 0.497 e. The fourth-order valence-electron chi connectivity index (χ4n) is 11.0. The number of rotatable bonds is 19. The molecule has 11 rings (SSSR count). The molecule has 3 aliphatic rings. The number of pyridine rings is 2. The number of amides is 2. The number of para-hydroxylation sites is 2. The number of carbonyl (C=O) groups excluding carboxylic acids is 4. The van der Waals surface area contributed by atoms with Crippen molar-refractivity contribution in [2.45, 2.75) is 169 Å². The summed E-state index contributed by atoms with van der Waals surface area (Å²) < 4.78 is 39.0. The molecule has 1 fully saturated rings. The molecule has 0 radical (unpaired) electrons. The summed E-state index contributed by atoms with van der Waals surface area (Å²) in [5.41, 5.74) is 5.34. The summed E-state index contributed by atoms with van der Waals surface area (Å²) in [6, 6.07) is 37.1. The number of nitrogens with zero attached hydrogens (tertiary/aromatic N) is 8. The van der Waals surface area contributed by atoms with Crippen LogP contribution < -0.4 is 25.1 Å². The summed E-state index contributed by atoms with van der Waals surface area (Å²) in [5, 5.41) is 1.22. The van der Waals surface area contributed by atoms with Gasteiger partial charge in [-0.3, -0.25) is 19.4 Å². The third-order valence-corrected chi connectivity index (χ3v) is 23.2. The van der Waals surface area contributed by atoms with Gasteiger partial charge in [0.05, 0.1) is 36.1 Å². The van der Waals surface area contributed by atoms with Gasteiger partial charge in [0.1, 0.15) is 36.3 Å². The molecule has 0 N–H and O–H groups in total. The molecule has 18 nitrogen and oxygen atoms in total. The molecule has 96 heavy (non-hydrogen) atoms. The molecule has 0 spiro atoms. The Labute approximate surface area is 583 Å². The highest BCUT2D eigenvalue weighted by Crippen LogP contribution is 2.39. The lowest BCUT2D eigenvalue weighted by molar-refractivity contribution is 0.00506. The highest BCUT2D eigenvalue weighted by Gasteiger charge is 2.53. The van der Waals surface area contributed by atoms with E-state index < -0.39 is 57.6 Å². The number of thiazole rings is 2. The van der Waals surface area contributed by atoms with Crippen LogP contribution in [0.25, 0.3) is 20.4 Å². The van der Waals surface area contributed by atoms with Crippen molar-refractivity contribution in [1.82, 2.24) is 19.9 Å². The first-order valence-corrected chi connectivity index (χ1v) is 42.7. The molecule has 4 aromatic heterocycles. The standard InChI is InChI=1S/C39H51BN4O6SSi.C33H39BrN4O4SSi/c1-37(2,3)48-35(46)33-29(40-49-38(4,5)39(6,7)50-40)18-19-32(42-33)43-21-20-26-14-13-15-27(28(26)24-43)34(45)44(25-47-22-23-52(8,9)10)36-41-30-16-11-12-17-31(30)51-36;1-33(2,3)42-31(40)29-25(34)14-15-28(36-29)37-17-16-22-10-9-11-23(24(22)20-37)30(39)38(21-41-18-19-44(4,5)6)32-35-26-12-7-8-13-27(26)43-32/h11-19H,20-25H2,1-10H3;7-15H,16-21H2,1-6H3. The van der Waals surface area contributed by atoms with Crippen molar-refractivity contribution in [2.24, 2.45) is 0 Å². The average Bonchev–Trinajstić information content (AvgIpc) is 1.45. The van der Waals surface area contributed by atoms with Crippen molar-refractivity contribution in [2.75, 3.05) is 59.4 Å². The first kappa shape index (κ1) is 72.0. The van der Waals surface area contributed by atoms with Crippen LogP contribution in [0.3, 0.4) is 0 Å². The van der Waals surface area contributed by atoms with Crippen LogP contribution in [0.2, 0.25) is 51.4 Å². The number of benzene rings is 4. The van der Waals surface area contributed by atoms with Gasteiger partial charge in [-0.2, -0.15) is 0 Å². The Bertz CT molecular complexity index is 4100. The zero-order valence-electron chi connectivity index (χ0n) is 58.3. The molecule has 24 heteroatoms. The van der Waals surface area contributed by atoms with E-state index in [1.54, 1.807) is 9.80 Å². The van der Waals surface area contributed by atoms with Crippen LogP contribution in [0.15, 0.2) is 114 Å². The highest BCUT2D eigenvalue weighted by molar-refractivity contribution is 9.10. The zero-order chi connectivity index (χ0) is 69.3. The van der Waals surface area contributed by atoms with Gasteiger partial charge in [0.15, 0.2) is 21.7 Å². The molecule has 7 heterocycles. The van der Waals surface area contributed by atoms with Gasteiger partial charge in [0.2, 0.25) is 0 Å². The van der Waals surface area contributed by atoms with Crippen molar-refractivity contribution >= 4 is 133 Å². The minimum Gasteiger partial charge on any atom is -0.455 e. The van der Waals surface area contributed by atoms with Crippen molar-refractivity contribution < 1.29 is 47.4 Å². The molecule has 0 saturated carbocycles. The van der Waals surface area contributed by atoms with Gasteiger partial charge in [-0.25, -0.2) is 29.5 Å². The first-order valence-electron chi connectivity index (χ1n) is 32.8. The predicted octanol–water partition coefficient (Wildman–Crippen LogP) is 15.4. The monoisotopic (exact) mass is 1440 g/mol. The number of ether oxygens (including phenoxy) is 4. The van der Waals surface area contributed by atoms with Crippen LogP contribution in [-0.4, -0.2) is 129 Å². The van der Waals surface area contributed by atoms with E-state index in [0.717, 1.165) is 61.2 Å². The van der Waals surface area contributed by atoms with E-state index in [0.29, 0.717) is 88.8 Å². The maximum atomic E-state index is 14.6. The van der Waals surface area contributed by atoms with E-state index in [1.165, 1.54) is 22.7 Å². The molecule has 508 valence electrons. The number of halogens is 1. The lowest BCUT2D eigenvalue weighted by atomic mass is 9.77. The summed E-state index contributed by atoms with van der Waals surface area (Å²) in [6.07, 6.45) is 1.44. The molecule has 1 saturated heterocycles. The van der Waals surface area contributed by atoms with Crippen LogP contribution in [-0.2, 0) is 54.2 Å². The van der Waals surface area contributed by atoms with Gasteiger partial charge in [-0.1, -0.05) is 117 Å². The van der Waals surface area contributed by atoms with Gasteiger partial charge in [0.25, 0.3) is 11.8 Å². The molecule has 2 amide bonds. The van der Waals surface area contributed by atoms with E-state index in [9.17, 15) is 19.2 Å². The molecule has 0 atom stereocenters. The number of esters is 2. The lowest BCUT2D eigenvalue weighted by Gasteiger charge is -2.32. The normalized spacial score (nSPS) is 15.4. The predicted molar refractivity (Wildman–Crippen MR) is 395 cm³/mol. The Morgan fingerprint density at radius 2 is 0.979 bits per heavy atom. The van der Waals surface area contributed by atoms with Crippen molar-refractivity contribution in [3.05, 3.63) is 158 Å². The summed E-state index contributed by atoms with van der Waals surface area (Å²) in [6.45, 7) is 36.4. The van der Waals surface area contributed by atoms with E-state index in [2.05, 4.69) is 82.1 Å². The maximum absolute atomic E-state index is 14.6. The number of hydrogen-bond acceptors (Lipinski definition) is 18. The van der Waals surface area contributed by atoms with Crippen LogP contribution >= 0.6 is 38.6 Å². The highest BCUT2D eigenvalue weighted by atomic mass is 79.9. The SMILES string of the molecule is CC(C)(C)OC(=O)c1nc(N2CCc3cccc(C(=O)N(COCC[Si](C)(C)C)c4nc5ccccc5s4)c3C2)ccc1B1OC(C)(C)C(C)(C)O1.CC(C)(C)OC(=O)c1nc(N2CCc3cccc(C(=O)N(COCC[Si](C)(C)C)c4nc5ccccc5s4)c3C2)ccc1Br. The molecule has 4 aromatic carbocycles. The van der Waals surface area contributed by atoms with Crippen molar-refractivity contribution in [3.8, 4) is 0 Å². The summed E-state index contributed by atoms with van der Waals surface area (Å²) in [5.74, 6) is -0.0855. The second-order valence-corrected chi connectivity index (χ2v) is 44.1. The fraction of sp³-hybridized carbons (Fsp3) is 0.444.